The third kappa shape index (κ3) is 3.03. The van der Waals surface area contributed by atoms with E-state index in [0.717, 1.165) is 5.56 Å². The third-order valence-corrected chi connectivity index (χ3v) is 6.26. The maximum absolute atomic E-state index is 14.3. The van der Waals surface area contributed by atoms with E-state index in [4.69, 9.17) is 11.6 Å². The van der Waals surface area contributed by atoms with Crippen LogP contribution in [0.2, 0.25) is 5.02 Å². The molecule has 0 aromatic heterocycles. The molecule has 0 spiro atoms. The summed E-state index contributed by atoms with van der Waals surface area (Å²) in [5, 5.41) is 1.62. The van der Waals surface area contributed by atoms with E-state index in [-0.39, 0.29) is 23.0 Å². The number of carbonyl (C=O) groups is 2. The van der Waals surface area contributed by atoms with Crippen molar-refractivity contribution >= 4 is 41.0 Å². The van der Waals surface area contributed by atoms with Crippen molar-refractivity contribution in [2.45, 2.75) is 24.8 Å². The Morgan fingerprint density at radius 2 is 1.93 bits per heavy atom. The Morgan fingerprint density at radius 1 is 1.15 bits per heavy atom. The number of hydrogen-bond donors (Lipinski definition) is 0. The van der Waals surface area contributed by atoms with Crippen molar-refractivity contribution < 1.29 is 14.0 Å². The summed E-state index contributed by atoms with van der Waals surface area (Å²) in [5.41, 5.74) is 1.61. The Morgan fingerprint density at radius 3 is 2.67 bits per heavy atom. The Labute approximate surface area is 165 Å². The molecule has 138 valence electrons. The minimum absolute atomic E-state index is 0.00787. The fourth-order valence-corrected chi connectivity index (χ4v) is 4.67. The number of urea groups is 1. The first-order chi connectivity index (χ1) is 13.0. The van der Waals surface area contributed by atoms with E-state index in [2.05, 4.69) is 0 Å². The first-order valence-electron chi connectivity index (χ1n) is 8.44. The Kier molecular flexibility index (Phi) is 4.70. The maximum atomic E-state index is 14.3. The molecule has 0 bridgehead atoms. The number of fused-ring (bicyclic) bond motifs is 1. The molecule has 0 aliphatic carbocycles. The number of halogens is 2. The van der Waals surface area contributed by atoms with Crippen LogP contribution >= 0.6 is 23.4 Å². The van der Waals surface area contributed by atoms with Gasteiger partial charge in [0.25, 0.3) is 5.91 Å². The molecule has 2 heterocycles. The van der Waals surface area contributed by atoms with Gasteiger partial charge in [0.2, 0.25) is 0 Å². The molecule has 3 amide bonds. The van der Waals surface area contributed by atoms with Crippen molar-refractivity contribution in [1.29, 1.82) is 0 Å². The number of para-hydroxylation sites is 1. The number of anilines is 1. The first-order valence-corrected chi connectivity index (χ1v) is 9.76. The molecule has 1 saturated heterocycles. The topological polar surface area (TPSA) is 40.6 Å². The van der Waals surface area contributed by atoms with Crippen LogP contribution in [0.5, 0.6) is 0 Å². The molecule has 27 heavy (non-hydrogen) atoms. The zero-order valence-electron chi connectivity index (χ0n) is 14.4. The molecule has 2 aliphatic rings. The van der Waals surface area contributed by atoms with E-state index < -0.39 is 23.1 Å². The fourth-order valence-electron chi connectivity index (χ4n) is 3.40. The van der Waals surface area contributed by atoms with Gasteiger partial charge in [-0.2, -0.15) is 0 Å². The highest BCUT2D eigenvalue weighted by Gasteiger charge is 2.48. The second kappa shape index (κ2) is 7.02. The average Bonchev–Trinajstić information content (AvgIpc) is 3.12. The number of amides is 3. The smallest absolute Gasteiger partial charge is 0.311 e. The number of nitrogens with zero attached hydrogens (tertiary/aromatic N) is 2. The van der Waals surface area contributed by atoms with Gasteiger partial charge in [0.15, 0.2) is 0 Å². The zero-order chi connectivity index (χ0) is 19.1. The molecule has 2 aliphatic heterocycles. The van der Waals surface area contributed by atoms with E-state index in [1.54, 1.807) is 18.2 Å². The van der Waals surface area contributed by atoms with Crippen LogP contribution in [-0.2, 0) is 11.3 Å². The van der Waals surface area contributed by atoms with Crippen LogP contribution in [0.4, 0.5) is 14.9 Å². The van der Waals surface area contributed by atoms with Crippen LogP contribution in [0.1, 0.15) is 11.1 Å². The van der Waals surface area contributed by atoms with Gasteiger partial charge in [0.05, 0.1) is 18.3 Å². The number of hydrogen-bond acceptors (Lipinski definition) is 3. The van der Waals surface area contributed by atoms with Crippen LogP contribution < -0.4 is 4.90 Å². The SMILES string of the molecule is Cc1ccccc1N1C(=O)C2SC=CC2N(Cc2c(F)cccc2Cl)C1=O. The van der Waals surface area contributed by atoms with E-state index in [0.29, 0.717) is 5.69 Å². The lowest BCUT2D eigenvalue weighted by Gasteiger charge is -2.41. The molecular weight excluding hydrogens is 387 g/mol. The summed E-state index contributed by atoms with van der Waals surface area (Å²) in [4.78, 5) is 29.0. The molecule has 7 heteroatoms. The molecule has 4 rings (SSSR count). The summed E-state index contributed by atoms with van der Waals surface area (Å²) in [7, 11) is 0. The highest BCUT2D eigenvalue weighted by Crippen LogP contribution is 2.38. The monoisotopic (exact) mass is 402 g/mol. The lowest BCUT2D eigenvalue weighted by Crippen LogP contribution is -2.61. The van der Waals surface area contributed by atoms with Crippen LogP contribution in [0.3, 0.4) is 0 Å². The molecule has 1 fully saturated rings. The fraction of sp³-hybridized carbons (Fsp3) is 0.200. The highest BCUT2D eigenvalue weighted by molar-refractivity contribution is 8.03. The van der Waals surface area contributed by atoms with Crippen LogP contribution in [-0.4, -0.2) is 28.1 Å². The van der Waals surface area contributed by atoms with Gasteiger partial charge in [-0.1, -0.05) is 41.9 Å². The third-order valence-electron chi connectivity index (χ3n) is 4.82. The Bertz CT molecular complexity index is 944. The summed E-state index contributed by atoms with van der Waals surface area (Å²) >= 11 is 7.54. The summed E-state index contributed by atoms with van der Waals surface area (Å²) in [5.74, 6) is -0.731. The second-order valence-corrected chi connectivity index (χ2v) is 7.91. The largest absolute Gasteiger partial charge is 0.332 e. The lowest BCUT2D eigenvalue weighted by molar-refractivity contribution is -0.119. The van der Waals surface area contributed by atoms with Crippen molar-refractivity contribution in [3.63, 3.8) is 0 Å². The molecule has 2 aromatic carbocycles. The van der Waals surface area contributed by atoms with E-state index in [9.17, 15) is 14.0 Å². The molecule has 0 radical (unpaired) electrons. The zero-order valence-corrected chi connectivity index (χ0v) is 16.0. The van der Waals surface area contributed by atoms with Gasteiger partial charge in [-0.15, -0.1) is 11.8 Å². The van der Waals surface area contributed by atoms with Gasteiger partial charge >= 0.3 is 6.03 Å². The van der Waals surface area contributed by atoms with Gasteiger partial charge in [-0.3, -0.25) is 4.79 Å². The average molecular weight is 403 g/mol. The van der Waals surface area contributed by atoms with Gasteiger partial charge in [0, 0.05) is 10.6 Å². The molecule has 0 N–H and O–H groups in total. The Balaban J connectivity index is 1.76. The first kappa shape index (κ1) is 18.1. The molecule has 2 aromatic rings. The summed E-state index contributed by atoms with van der Waals surface area (Å²) < 4.78 is 14.3. The van der Waals surface area contributed by atoms with Gasteiger partial charge in [-0.05, 0) is 36.1 Å². The molecule has 4 nitrogen and oxygen atoms in total. The summed E-state index contributed by atoms with van der Waals surface area (Å²) in [6, 6.07) is 10.8. The van der Waals surface area contributed by atoms with Crippen molar-refractivity contribution in [3.8, 4) is 0 Å². The molecule has 2 unspecified atom stereocenters. The molecule has 0 saturated carbocycles. The number of imide groups is 1. The van der Waals surface area contributed by atoms with Gasteiger partial charge in [-0.25, -0.2) is 14.1 Å². The second-order valence-electron chi connectivity index (χ2n) is 6.45. The normalized spacial score (nSPS) is 21.7. The van der Waals surface area contributed by atoms with Crippen molar-refractivity contribution in [2.75, 3.05) is 4.90 Å². The van der Waals surface area contributed by atoms with Crippen LogP contribution in [0.25, 0.3) is 0 Å². The van der Waals surface area contributed by atoms with Crippen molar-refractivity contribution in [2.24, 2.45) is 0 Å². The predicted molar refractivity (Wildman–Crippen MR) is 105 cm³/mol. The van der Waals surface area contributed by atoms with E-state index in [1.807, 2.05) is 30.5 Å². The highest BCUT2D eigenvalue weighted by atomic mass is 35.5. The standard InChI is InChI=1S/C20H16ClFN2O2S/c1-12-5-2-3-8-16(12)24-19(25)18-17(9-10-27-18)23(20(24)26)11-13-14(21)6-4-7-15(13)22/h2-10,17-18H,11H2,1H3. The summed E-state index contributed by atoms with van der Waals surface area (Å²) in [6.45, 7) is 1.84. The van der Waals surface area contributed by atoms with Gasteiger partial charge < -0.3 is 4.90 Å². The van der Waals surface area contributed by atoms with Crippen molar-refractivity contribution in [1.82, 2.24) is 4.90 Å². The van der Waals surface area contributed by atoms with Crippen LogP contribution in [0.15, 0.2) is 53.9 Å². The van der Waals surface area contributed by atoms with E-state index >= 15 is 0 Å². The maximum Gasteiger partial charge on any atom is 0.332 e. The molecular formula is C20H16ClFN2O2S. The van der Waals surface area contributed by atoms with E-state index in [1.165, 1.54) is 33.7 Å². The number of aryl methyl sites for hydroxylation is 1. The predicted octanol–water partition coefficient (Wildman–Crippen LogP) is 4.75. The quantitative estimate of drug-likeness (QED) is 0.743. The van der Waals surface area contributed by atoms with Crippen molar-refractivity contribution in [3.05, 3.63) is 75.9 Å². The van der Waals surface area contributed by atoms with Crippen LogP contribution in [0, 0.1) is 12.7 Å². The Hall–Kier alpha value is -2.31. The van der Waals surface area contributed by atoms with Gasteiger partial charge in [0.1, 0.15) is 11.1 Å². The number of thioether (sulfide) groups is 1. The lowest BCUT2D eigenvalue weighted by atomic mass is 10.0. The number of carbonyl (C=O) groups excluding carboxylic acids is 2. The molecule has 2 atom stereocenters. The minimum Gasteiger partial charge on any atom is -0.311 e. The number of benzene rings is 2. The number of rotatable bonds is 3. The summed E-state index contributed by atoms with van der Waals surface area (Å²) in [6.07, 6.45) is 1.81. The minimum atomic E-state index is -0.471.